The molecule has 0 saturated heterocycles. The van der Waals surface area contributed by atoms with Gasteiger partial charge < -0.3 is 10.0 Å². The monoisotopic (exact) mass is 265 g/mol. The van der Waals surface area contributed by atoms with E-state index in [1.807, 2.05) is 0 Å². The molecule has 1 aromatic rings. The second-order valence-corrected chi connectivity index (χ2v) is 5.77. The van der Waals surface area contributed by atoms with Gasteiger partial charge in [-0.05, 0) is 49.9 Å². The topological polar surface area (TPSA) is 23.5 Å². The minimum Gasteiger partial charge on any atom is -0.388 e. The van der Waals surface area contributed by atoms with Crippen LogP contribution in [-0.2, 0) is 0 Å². The van der Waals surface area contributed by atoms with Crippen molar-refractivity contribution in [3.63, 3.8) is 0 Å². The van der Waals surface area contributed by atoms with Gasteiger partial charge in [0.15, 0.2) is 0 Å². The number of hydrogen-bond acceptors (Lipinski definition) is 2. The Hall–Kier alpha value is -0.930. The second kappa shape index (κ2) is 7.01. The summed E-state index contributed by atoms with van der Waals surface area (Å²) in [5, 5.41) is 10.1. The Bertz CT molecular complexity index is 390. The summed E-state index contributed by atoms with van der Waals surface area (Å²) in [6.45, 7) is 1.98. The van der Waals surface area contributed by atoms with Crippen LogP contribution in [0.2, 0.25) is 0 Å². The van der Waals surface area contributed by atoms with Gasteiger partial charge in [0.25, 0.3) is 0 Å². The van der Waals surface area contributed by atoms with Gasteiger partial charge in [-0.1, -0.05) is 25.0 Å². The third-order valence-corrected chi connectivity index (χ3v) is 4.06. The third-order valence-electron chi connectivity index (χ3n) is 4.06. The van der Waals surface area contributed by atoms with E-state index in [4.69, 9.17) is 0 Å². The van der Waals surface area contributed by atoms with Crippen LogP contribution in [0.5, 0.6) is 0 Å². The summed E-state index contributed by atoms with van der Waals surface area (Å²) in [6, 6.07) is 6.25. The fourth-order valence-electron chi connectivity index (χ4n) is 2.95. The molecule has 2 rings (SSSR count). The maximum absolute atomic E-state index is 13.1. The maximum atomic E-state index is 13.1. The number of hydrogen-bond donors (Lipinski definition) is 1. The lowest BCUT2D eigenvalue weighted by Crippen LogP contribution is -2.26. The van der Waals surface area contributed by atoms with Crippen molar-refractivity contribution in [3.8, 4) is 0 Å². The number of aliphatic hydroxyl groups is 1. The van der Waals surface area contributed by atoms with E-state index in [0.29, 0.717) is 12.0 Å². The van der Waals surface area contributed by atoms with E-state index in [9.17, 15) is 9.50 Å². The standard InChI is InChI=1S/C16H24FNO/c1-18(12-13-5-2-3-6-13)10-9-16(19)14-7-4-8-15(17)11-14/h4,7-8,11,13,16,19H,2-3,5-6,9-10,12H2,1H3. The van der Waals surface area contributed by atoms with Crippen LogP contribution >= 0.6 is 0 Å². The average molecular weight is 265 g/mol. The molecule has 1 unspecified atom stereocenters. The molecule has 1 atom stereocenters. The van der Waals surface area contributed by atoms with Crippen molar-refractivity contribution in [2.45, 2.75) is 38.2 Å². The highest BCUT2D eigenvalue weighted by atomic mass is 19.1. The number of nitrogens with zero attached hydrogens (tertiary/aromatic N) is 1. The van der Waals surface area contributed by atoms with Gasteiger partial charge in [-0.3, -0.25) is 0 Å². The predicted molar refractivity (Wildman–Crippen MR) is 75.4 cm³/mol. The number of halogens is 1. The van der Waals surface area contributed by atoms with Crippen molar-refractivity contribution in [1.29, 1.82) is 0 Å². The van der Waals surface area contributed by atoms with Crippen LogP contribution < -0.4 is 0 Å². The zero-order valence-electron chi connectivity index (χ0n) is 11.7. The van der Waals surface area contributed by atoms with E-state index in [2.05, 4.69) is 11.9 Å². The quantitative estimate of drug-likeness (QED) is 0.852. The Balaban J connectivity index is 1.74. The molecule has 0 amide bonds. The molecule has 1 fully saturated rings. The lowest BCUT2D eigenvalue weighted by Gasteiger charge is -2.22. The molecule has 0 aliphatic heterocycles. The molecule has 1 aromatic carbocycles. The molecule has 3 heteroatoms. The zero-order chi connectivity index (χ0) is 13.7. The summed E-state index contributed by atoms with van der Waals surface area (Å²) in [5.74, 6) is 0.548. The molecule has 1 aliphatic carbocycles. The van der Waals surface area contributed by atoms with E-state index in [1.165, 1.54) is 37.8 Å². The average Bonchev–Trinajstić information content (AvgIpc) is 2.88. The zero-order valence-corrected chi connectivity index (χ0v) is 11.7. The van der Waals surface area contributed by atoms with Crippen LogP contribution in [0.3, 0.4) is 0 Å². The molecule has 0 heterocycles. The molecular formula is C16H24FNO. The summed E-state index contributed by atoms with van der Waals surface area (Å²) in [4.78, 5) is 2.29. The van der Waals surface area contributed by atoms with Crippen LogP contribution in [0.25, 0.3) is 0 Å². The summed E-state index contributed by atoms with van der Waals surface area (Å²) in [6.07, 6.45) is 5.51. The molecule has 2 nitrogen and oxygen atoms in total. The molecule has 19 heavy (non-hydrogen) atoms. The first-order valence-corrected chi connectivity index (χ1v) is 7.27. The van der Waals surface area contributed by atoms with Gasteiger partial charge in [-0.15, -0.1) is 0 Å². The van der Waals surface area contributed by atoms with Gasteiger partial charge in [0.1, 0.15) is 5.82 Å². The van der Waals surface area contributed by atoms with Crippen molar-refractivity contribution in [2.75, 3.05) is 20.1 Å². The van der Waals surface area contributed by atoms with Crippen molar-refractivity contribution >= 4 is 0 Å². The number of rotatable bonds is 6. The fraction of sp³-hybridized carbons (Fsp3) is 0.625. The highest BCUT2D eigenvalue weighted by Gasteiger charge is 2.17. The van der Waals surface area contributed by atoms with Crippen molar-refractivity contribution < 1.29 is 9.50 Å². The van der Waals surface area contributed by atoms with Crippen molar-refractivity contribution in [2.24, 2.45) is 5.92 Å². The first-order chi connectivity index (χ1) is 9.15. The van der Waals surface area contributed by atoms with E-state index < -0.39 is 6.10 Å². The molecular weight excluding hydrogens is 241 g/mol. The summed E-state index contributed by atoms with van der Waals surface area (Å²) in [5.41, 5.74) is 0.675. The van der Waals surface area contributed by atoms with Gasteiger partial charge in [0.2, 0.25) is 0 Å². The second-order valence-electron chi connectivity index (χ2n) is 5.77. The Morgan fingerprint density at radius 2 is 2.11 bits per heavy atom. The maximum Gasteiger partial charge on any atom is 0.123 e. The molecule has 0 spiro atoms. The van der Waals surface area contributed by atoms with Crippen LogP contribution in [-0.4, -0.2) is 30.1 Å². The van der Waals surface area contributed by atoms with Gasteiger partial charge in [-0.25, -0.2) is 4.39 Å². The van der Waals surface area contributed by atoms with Gasteiger partial charge in [0, 0.05) is 13.1 Å². The molecule has 1 aliphatic rings. The lowest BCUT2D eigenvalue weighted by molar-refractivity contribution is 0.144. The van der Waals surface area contributed by atoms with Crippen molar-refractivity contribution in [3.05, 3.63) is 35.6 Å². The summed E-state index contributed by atoms with van der Waals surface area (Å²) >= 11 is 0. The van der Waals surface area contributed by atoms with Crippen LogP contribution in [0.4, 0.5) is 4.39 Å². The highest BCUT2D eigenvalue weighted by molar-refractivity contribution is 5.18. The first-order valence-electron chi connectivity index (χ1n) is 7.27. The van der Waals surface area contributed by atoms with Crippen LogP contribution in [0.15, 0.2) is 24.3 Å². The molecule has 0 bridgehead atoms. The Morgan fingerprint density at radius 3 is 2.79 bits per heavy atom. The van der Waals surface area contributed by atoms with Crippen LogP contribution in [0, 0.1) is 11.7 Å². The van der Waals surface area contributed by atoms with Gasteiger partial charge in [0.05, 0.1) is 6.10 Å². The van der Waals surface area contributed by atoms with Crippen molar-refractivity contribution in [1.82, 2.24) is 4.90 Å². The molecule has 0 radical (unpaired) electrons. The van der Waals surface area contributed by atoms with E-state index in [-0.39, 0.29) is 5.82 Å². The minimum absolute atomic E-state index is 0.282. The number of benzene rings is 1. The van der Waals surface area contributed by atoms with Gasteiger partial charge >= 0.3 is 0 Å². The fourth-order valence-corrected chi connectivity index (χ4v) is 2.95. The lowest BCUT2D eigenvalue weighted by atomic mass is 10.1. The number of aliphatic hydroxyl groups excluding tert-OH is 1. The molecule has 1 saturated carbocycles. The summed E-state index contributed by atoms with van der Waals surface area (Å²) < 4.78 is 13.1. The smallest absolute Gasteiger partial charge is 0.123 e. The molecule has 1 N–H and O–H groups in total. The molecule has 0 aromatic heterocycles. The van der Waals surface area contributed by atoms with E-state index in [1.54, 1.807) is 12.1 Å². The Kier molecular flexibility index (Phi) is 5.34. The third kappa shape index (κ3) is 4.59. The van der Waals surface area contributed by atoms with E-state index >= 15 is 0 Å². The molecule has 106 valence electrons. The highest BCUT2D eigenvalue weighted by Crippen LogP contribution is 2.25. The largest absolute Gasteiger partial charge is 0.388 e. The summed E-state index contributed by atoms with van der Waals surface area (Å²) in [7, 11) is 2.11. The Labute approximate surface area is 115 Å². The predicted octanol–water partition coefficient (Wildman–Crippen LogP) is 3.37. The Morgan fingerprint density at radius 1 is 1.37 bits per heavy atom. The minimum atomic E-state index is -0.568. The normalized spacial score (nSPS) is 18.1. The first kappa shape index (κ1) is 14.5. The van der Waals surface area contributed by atoms with E-state index in [0.717, 1.165) is 19.0 Å². The van der Waals surface area contributed by atoms with Crippen LogP contribution in [0.1, 0.15) is 43.8 Å². The SMILES string of the molecule is CN(CCC(O)c1cccc(F)c1)CC1CCCC1. The van der Waals surface area contributed by atoms with Gasteiger partial charge in [-0.2, -0.15) is 0 Å².